The number of nitrogens with zero attached hydrogens (tertiary/aromatic N) is 3. The number of benzene rings is 2. The lowest BCUT2D eigenvalue weighted by Crippen LogP contribution is -2.50. The van der Waals surface area contributed by atoms with Crippen LogP contribution in [0.25, 0.3) is 11.1 Å². The zero-order chi connectivity index (χ0) is 22.7. The number of imide groups is 1. The Kier molecular flexibility index (Phi) is 6.55. The highest BCUT2D eigenvalue weighted by atomic mass is 16.7. The summed E-state index contributed by atoms with van der Waals surface area (Å²) >= 11 is 0. The van der Waals surface area contributed by atoms with Gasteiger partial charge in [-0.15, -0.1) is 5.06 Å². The van der Waals surface area contributed by atoms with Crippen molar-refractivity contribution in [1.82, 2.24) is 14.9 Å². The molecular formula is C25H29N3O4. The monoisotopic (exact) mass is 435 g/mol. The minimum absolute atomic E-state index is 0.0984. The molecule has 2 saturated heterocycles. The smallest absolute Gasteiger partial charge is 0.311 e. The summed E-state index contributed by atoms with van der Waals surface area (Å²) in [5, 5.41) is 0.609. The van der Waals surface area contributed by atoms with Gasteiger partial charge in [0.1, 0.15) is 0 Å². The fraction of sp³-hybridized carbons (Fsp3) is 0.400. The third-order valence-corrected chi connectivity index (χ3v) is 6.07. The lowest BCUT2D eigenvalue weighted by atomic mass is 9.92. The van der Waals surface area contributed by atoms with Crippen molar-refractivity contribution in [3.05, 3.63) is 59.7 Å². The van der Waals surface area contributed by atoms with Crippen LogP contribution in [-0.4, -0.2) is 58.9 Å². The zero-order valence-corrected chi connectivity index (χ0v) is 18.6. The fourth-order valence-corrected chi connectivity index (χ4v) is 4.21. The van der Waals surface area contributed by atoms with Gasteiger partial charge in [0.25, 0.3) is 11.8 Å². The van der Waals surface area contributed by atoms with E-state index in [1.165, 1.54) is 22.3 Å². The summed E-state index contributed by atoms with van der Waals surface area (Å²) in [4.78, 5) is 44.6. The van der Waals surface area contributed by atoms with E-state index in [1.807, 2.05) is 6.07 Å². The molecule has 2 aromatic carbocycles. The minimum atomic E-state index is -0.636. The number of hydrogen-bond donors (Lipinski definition) is 0. The molecule has 2 heterocycles. The van der Waals surface area contributed by atoms with E-state index in [2.05, 4.69) is 61.2 Å². The average molecular weight is 436 g/mol. The Bertz CT molecular complexity index is 982. The molecule has 0 atom stereocenters. The van der Waals surface area contributed by atoms with Gasteiger partial charge in [0.15, 0.2) is 0 Å². The number of carbonyl (C=O) groups excluding carboxylic acids is 3. The largest absolute Gasteiger partial charge is 0.434 e. The molecular weight excluding hydrogens is 406 g/mol. The lowest BCUT2D eigenvalue weighted by Gasteiger charge is -2.34. The summed E-state index contributed by atoms with van der Waals surface area (Å²) in [6.45, 7) is 7.63. The molecule has 2 aromatic rings. The molecule has 168 valence electrons. The van der Waals surface area contributed by atoms with Crippen LogP contribution in [0.15, 0.2) is 48.5 Å². The fourth-order valence-electron chi connectivity index (χ4n) is 4.21. The van der Waals surface area contributed by atoms with E-state index in [0.29, 0.717) is 37.2 Å². The molecule has 0 bridgehead atoms. The number of hydroxylamine groups is 2. The molecule has 0 radical (unpaired) electrons. The Morgan fingerprint density at radius 1 is 0.906 bits per heavy atom. The van der Waals surface area contributed by atoms with Gasteiger partial charge >= 0.3 is 6.09 Å². The van der Waals surface area contributed by atoms with Crippen LogP contribution >= 0.6 is 0 Å². The van der Waals surface area contributed by atoms with Crippen LogP contribution in [-0.2, 0) is 21.0 Å². The summed E-state index contributed by atoms with van der Waals surface area (Å²) in [5.41, 5.74) is 5.06. The van der Waals surface area contributed by atoms with Crippen molar-refractivity contribution in [2.75, 3.05) is 26.2 Å². The predicted molar refractivity (Wildman–Crippen MR) is 120 cm³/mol. The van der Waals surface area contributed by atoms with Gasteiger partial charge in [0, 0.05) is 45.6 Å². The molecule has 7 heteroatoms. The summed E-state index contributed by atoms with van der Waals surface area (Å²) in [6, 6.07) is 17.1. The molecule has 0 aromatic heterocycles. The Balaban J connectivity index is 1.37. The van der Waals surface area contributed by atoms with Crippen LogP contribution in [0.2, 0.25) is 0 Å². The molecule has 4 rings (SSSR count). The first-order valence-corrected chi connectivity index (χ1v) is 11.2. The second-order valence-electron chi connectivity index (χ2n) is 8.64. The van der Waals surface area contributed by atoms with Crippen molar-refractivity contribution in [3.63, 3.8) is 0 Å². The van der Waals surface area contributed by atoms with E-state index < -0.39 is 17.9 Å². The van der Waals surface area contributed by atoms with E-state index >= 15 is 0 Å². The number of amides is 3. The van der Waals surface area contributed by atoms with Gasteiger partial charge in [-0.3, -0.25) is 14.5 Å². The molecule has 0 spiro atoms. The summed E-state index contributed by atoms with van der Waals surface area (Å²) < 4.78 is 0. The SMILES string of the molecule is CC(C)c1cc(-c2ccccc2)ccc1CN1CCN(C(=O)ON2C(=O)CCC2=O)CC1. The Morgan fingerprint density at radius 3 is 2.19 bits per heavy atom. The zero-order valence-electron chi connectivity index (χ0n) is 18.6. The van der Waals surface area contributed by atoms with E-state index in [9.17, 15) is 14.4 Å². The Hall–Kier alpha value is -3.19. The highest BCUT2D eigenvalue weighted by Gasteiger charge is 2.34. The van der Waals surface area contributed by atoms with Gasteiger partial charge < -0.3 is 9.74 Å². The number of hydrogen-bond acceptors (Lipinski definition) is 5. The van der Waals surface area contributed by atoms with Gasteiger partial charge in [-0.2, -0.15) is 0 Å². The van der Waals surface area contributed by atoms with Crippen LogP contribution in [0.5, 0.6) is 0 Å². The Morgan fingerprint density at radius 2 is 1.56 bits per heavy atom. The van der Waals surface area contributed by atoms with E-state index in [4.69, 9.17) is 4.84 Å². The van der Waals surface area contributed by atoms with Gasteiger partial charge in [0.05, 0.1) is 0 Å². The van der Waals surface area contributed by atoms with E-state index in [0.717, 1.165) is 6.54 Å². The van der Waals surface area contributed by atoms with Crippen molar-refractivity contribution in [3.8, 4) is 11.1 Å². The third kappa shape index (κ3) is 4.83. The number of carbonyl (C=O) groups is 3. The van der Waals surface area contributed by atoms with Crippen molar-refractivity contribution in [2.45, 2.75) is 39.2 Å². The molecule has 0 aliphatic carbocycles. The maximum Gasteiger partial charge on any atom is 0.434 e. The van der Waals surface area contributed by atoms with Gasteiger partial charge in [-0.25, -0.2) is 4.79 Å². The van der Waals surface area contributed by atoms with Crippen molar-refractivity contribution < 1.29 is 19.2 Å². The maximum absolute atomic E-state index is 12.4. The maximum atomic E-state index is 12.4. The number of piperazine rings is 1. The van der Waals surface area contributed by atoms with Crippen LogP contribution in [0.3, 0.4) is 0 Å². The summed E-state index contributed by atoms with van der Waals surface area (Å²) in [6.07, 6.45) is -0.439. The molecule has 0 N–H and O–H groups in total. The first kappa shape index (κ1) is 22.0. The van der Waals surface area contributed by atoms with Crippen LogP contribution in [0.4, 0.5) is 4.79 Å². The topological polar surface area (TPSA) is 70.2 Å². The predicted octanol–water partition coefficient (Wildman–Crippen LogP) is 3.80. The lowest BCUT2D eigenvalue weighted by molar-refractivity contribution is -0.174. The molecule has 0 saturated carbocycles. The quantitative estimate of drug-likeness (QED) is 0.669. The first-order chi connectivity index (χ1) is 15.4. The van der Waals surface area contributed by atoms with Gasteiger partial charge in [-0.05, 0) is 28.2 Å². The van der Waals surface area contributed by atoms with Gasteiger partial charge in [0.2, 0.25) is 0 Å². The minimum Gasteiger partial charge on any atom is -0.311 e. The molecule has 32 heavy (non-hydrogen) atoms. The summed E-state index contributed by atoms with van der Waals surface area (Å²) in [5.74, 6) is -0.509. The van der Waals surface area contributed by atoms with Crippen molar-refractivity contribution in [2.24, 2.45) is 0 Å². The molecule has 7 nitrogen and oxygen atoms in total. The third-order valence-electron chi connectivity index (χ3n) is 6.07. The number of rotatable bonds is 5. The first-order valence-electron chi connectivity index (χ1n) is 11.2. The van der Waals surface area contributed by atoms with Gasteiger partial charge in [-0.1, -0.05) is 62.4 Å². The van der Waals surface area contributed by atoms with E-state index in [1.54, 1.807) is 4.90 Å². The highest BCUT2D eigenvalue weighted by Crippen LogP contribution is 2.28. The average Bonchev–Trinajstić information content (AvgIpc) is 3.12. The Labute approximate surface area is 188 Å². The molecule has 2 aliphatic rings. The van der Waals surface area contributed by atoms with Crippen LogP contribution in [0, 0.1) is 0 Å². The van der Waals surface area contributed by atoms with E-state index in [-0.39, 0.29) is 12.8 Å². The summed E-state index contributed by atoms with van der Waals surface area (Å²) in [7, 11) is 0. The second-order valence-corrected chi connectivity index (χ2v) is 8.64. The second kappa shape index (κ2) is 9.53. The normalized spacial score (nSPS) is 17.3. The molecule has 0 unspecified atom stereocenters. The van der Waals surface area contributed by atoms with Crippen LogP contribution < -0.4 is 0 Å². The van der Waals surface area contributed by atoms with Crippen molar-refractivity contribution >= 4 is 17.9 Å². The molecule has 2 aliphatic heterocycles. The highest BCUT2D eigenvalue weighted by molar-refractivity contribution is 6.01. The van der Waals surface area contributed by atoms with Crippen LogP contribution in [0.1, 0.15) is 43.7 Å². The molecule has 2 fully saturated rings. The standard InChI is InChI=1S/C25H29N3O4/c1-18(2)22-16-20(19-6-4-3-5-7-19)8-9-21(22)17-26-12-14-27(15-13-26)25(31)32-28-23(29)10-11-24(28)30/h3-9,16,18H,10-15,17H2,1-2H3. The molecule has 3 amide bonds. The van der Waals surface area contributed by atoms with Crippen molar-refractivity contribution in [1.29, 1.82) is 0 Å².